The van der Waals surface area contributed by atoms with Crippen LogP contribution in [0.25, 0.3) is 0 Å². The molecule has 1 aromatic rings. The lowest BCUT2D eigenvalue weighted by atomic mass is 9.98. The summed E-state index contributed by atoms with van der Waals surface area (Å²) in [7, 11) is 0. The van der Waals surface area contributed by atoms with Crippen molar-refractivity contribution in [2.45, 2.75) is 24.7 Å². The summed E-state index contributed by atoms with van der Waals surface area (Å²) in [6.07, 6.45) is 1.79. The fourth-order valence-corrected chi connectivity index (χ4v) is 3.44. The molecule has 2 fully saturated rings. The summed E-state index contributed by atoms with van der Waals surface area (Å²) >= 11 is 6.31. The molecule has 2 heterocycles. The van der Waals surface area contributed by atoms with E-state index in [2.05, 4.69) is 11.0 Å². The third-order valence-corrected chi connectivity index (χ3v) is 4.65. The molecule has 1 spiro atoms. The Kier molecular flexibility index (Phi) is 4.29. The van der Waals surface area contributed by atoms with E-state index >= 15 is 0 Å². The highest BCUT2D eigenvalue weighted by Crippen LogP contribution is 2.35. The van der Waals surface area contributed by atoms with Gasteiger partial charge in [-0.25, -0.2) is 0 Å². The number of nitrogens with two attached hydrogens (primary N) is 1. The molecule has 2 aliphatic heterocycles. The van der Waals surface area contributed by atoms with Crippen LogP contribution in [0.4, 0.5) is 0 Å². The summed E-state index contributed by atoms with van der Waals surface area (Å²) < 4.78 is 11.5. The number of nitrogens with zero attached hydrogens (tertiary/aromatic N) is 1. The van der Waals surface area contributed by atoms with Crippen molar-refractivity contribution in [1.29, 1.82) is 0 Å². The van der Waals surface area contributed by atoms with Gasteiger partial charge in [0.25, 0.3) is 0 Å². The second-order valence-electron chi connectivity index (χ2n) is 5.42. The van der Waals surface area contributed by atoms with Gasteiger partial charge < -0.3 is 15.2 Å². The monoisotopic (exact) mass is 296 g/mol. The van der Waals surface area contributed by atoms with Gasteiger partial charge in [-0.3, -0.25) is 4.90 Å². The van der Waals surface area contributed by atoms with Gasteiger partial charge >= 0.3 is 0 Å². The summed E-state index contributed by atoms with van der Waals surface area (Å²) in [5, 5.41) is 0.789. The minimum Gasteiger partial charge on any atom is -0.347 e. The molecule has 3 rings (SSSR count). The van der Waals surface area contributed by atoms with Gasteiger partial charge in [-0.1, -0.05) is 29.8 Å². The normalized spacial score (nSPS) is 24.1. The second-order valence-corrected chi connectivity index (χ2v) is 5.82. The zero-order valence-electron chi connectivity index (χ0n) is 11.6. The fraction of sp³-hybridized carbons (Fsp3) is 0.600. The third-order valence-electron chi connectivity index (χ3n) is 4.30. The Morgan fingerprint density at radius 1 is 1.20 bits per heavy atom. The minimum atomic E-state index is -0.337. The molecule has 0 aromatic heterocycles. The average Bonchev–Trinajstić information content (AvgIpc) is 2.92. The molecule has 2 N–H and O–H groups in total. The standard InChI is InChI=1S/C15H21ClN2O2/c16-13-4-2-1-3-12(13)14(11-17)18-7-5-15(6-8-18)19-9-10-20-15/h1-4,14H,5-11,17H2. The highest BCUT2D eigenvalue weighted by Gasteiger charge is 2.41. The first-order chi connectivity index (χ1) is 9.74. The van der Waals surface area contributed by atoms with Gasteiger partial charge in [0, 0.05) is 43.5 Å². The summed E-state index contributed by atoms with van der Waals surface area (Å²) in [5.41, 5.74) is 7.10. The Morgan fingerprint density at radius 2 is 1.85 bits per heavy atom. The molecule has 0 radical (unpaired) electrons. The van der Waals surface area contributed by atoms with Gasteiger partial charge in [-0.2, -0.15) is 0 Å². The Morgan fingerprint density at radius 3 is 2.45 bits per heavy atom. The Balaban J connectivity index is 1.71. The highest BCUT2D eigenvalue weighted by molar-refractivity contribution is 6.31. The first-order valence-corrected chi connectivity index (χ1v) is 7.58. The summed E-state index contributed by atoms with van der Waals surface area (Å²) in [5.74, 6) is -0.337. The van der Waals surface area contributed by atoms with Gasteiger partial charge in [-0.05, 0) is 11.6 Å². The van der Waals surface area contributed by atoms with Gasteiger partial charge in [0.05, 0.1) is 13.2 Å². The van der Waals surface area contributed by atoms with Crippen molar-refractivity contribution >= 4 is 11.6 Å². The molecular formula is C15H21ClN2O2. The van der Waals surface area contributed by atoms with E-state index in [9.17, 15) is 0 Å². The largest absolute Gasteiger partial charge is 0.347 e. The Hall–Kier alpha value is -0.650. The summed E-state index contributed by atoms with van der Waals surface area (Å²) in [6, 6.07) is 8.12. The van der Waals surface area contributed by atoms with Crippen molar-refractivity contribution in [2.75, 3.05) is 32.8 Å². The van der Waals surface area contributed by atoms with Crippen molar-refractivity contribution in [3.8, 4) is 0 Å². The smallest absolute Gasteiger partial charge is 0.170 e. The summed E-state index contributed by atoms with van der Waals surface area (Å²) in [4.78, 5) is 2.39. The van der Waals surface area contributed by atoms with Gasteiger partial charge in [0.2, 0.25) is 0 Å². The van der Waals surface area contributed by atoms with E-state index in [4.69, 9.17) is 26.8 Å². The lowest BCUT2D eigenvalue weighted by molar-refractivity contribution is -0.187. The number of ether oxygens (including phenoxy) is 2. The predicted molar refractivity (Wildman–Crippen MR) is 78.7 cm³/mol. The SMILES string of the molecule is NCC(c1ccccc1Cl)N1CCC2(CC1)OCCO2. The molecule has 1 unspecified atom stereocenters. The van der Waals surface area contributed by atoms with Crippen LogP contribution in [-0.4, -0.2) is 43.5 Å². The van der Waals surface area contributed by atoms with Crippen LogP contribution in [0.5, 0.6) is 0 Å². The fourth-order valence-electron chi connectivity index (χ4n) is 3.18. The lowest BCUT2D eigenvalue weighted by Crippen LogP contribution is -2.47. The van der Waals surface area contributed by atoms with Crippen LogP contribution in [0.1, 0.15) is 24.4 Å². The van der Waals surface area contributed by atoms with Crippen LogP contribution in [0.15, 0.2) is 24.3 Å². The molecule has 4 nitrogen and oxygen atoms in total. The van der Waals surface area contributed by atoms with Crippen molar-refractivity contribution in [3.63, 3.8) is 0 Å². The number of hydrogen-bond donors (Lipinski definition) is 1. The first-order valence-electron chi connectivity index (χ1n) is 7.20. The highest BCUT2D eigenvalue weighted by atomic mass is 35.5. The molecule has 5 heteroatoms. The van der Waals surface area contributed by atoms with E-state index < -0.39 is 0 Å². The molecule has 0 amide bonds. The minimum absolute atomic E-state index is 0.169. The number of hydrogen-bond acceptors (Lipinski definition) is 4. The number of piperidine rings is 1. The van der Waals surface area contributed by atoms with Crippen LogP contribution in [0.2, 0.25) is 5.02 Å². The zero-order valence-corrected chi connectivity index (χ0v) is 12.3. The van der Waals surface area contributed by atoms with Gasteiger partial charge in [0.15, 0.2) is 5.79 Å². The molecule has 1 atom stereocenters. The average molecular weight is 297 g/mol. The number of rotatable bonds is 3. The third kappa shape index (κ3) is 2.71. The molecule has 2 saturated heterocycles. The van der Waals surface area contributed by atoms with Crippen molar-refractivity contribution in [1.82, 2.24) is 4.90 Å². The molecule has 1 aromatic carbocycles. The summed E-state index contributed by atoms with van der Waals surface area (Å²) in [6.45, 7) is 3.84. The Labute approximate surface area is 124 Å². The number of halogens is 1. The quantitative estimate of drug-likeness (QED) is 0.929. The van der Waals surface area contributed by atoms with Crippen molar-refractivity contribution < 1.29 is 9.47 Å². The van der Waals surface area contributed by atoms with E-state index in [1.165, 1.54) is 0 Å². The van der Waals surface area contributed by atoms with Gasteiger partial charge in [0.1, 0.15) is 0 Å². The van der Waals surface area contributed by atoms with E-state index in [-0.39, 0.29) is 11.8 Å². The van der Waals surface area contributed by atoms with Crippen LogP contribution >= 0.6 is 11.6 Å². The van der Waals surface area contributed by atoms with E-state index in [0.29, 0.717) is 19.8 Å². The molecule has 110 valence electrons. The maximum absolute atomic E-state index is 6.31. The molecule has 0 bridgehead atoms. The van der Waals surface area contributed by atoms with Gasteiger partial charge in [-0.15, -0.1) is 0 Å². The number of benzene rings is 1. The molecule has 0 aliphatic carbocycles. The topological polar surface area (TPSA) is 47.7 Å². The van der Waals surface area contributed by atoms with E-state index in [0.717, 1.165) is 36.5 Å². The maximum atomic E-state index is 6.31. The predicted octanol–water partition coefficient (Wildman–Crippen LogP) is 2.18. The Bertz CT molecular complexity index is 453. The van der Waals surface area contributed by atoms with Crippen molar-refractivity contribution in [3.05, 3.63) is 34.9 Å². The maximum Gasteiger partial charge on any atom is 0.170 e. The van der Waals surface area contributed by atoms with Crippen molar-refractivity contribution in [2.24, 2.45) is 5.73 Å². The molecular weight excluding hydrogens is 276 g/mol. The van der Waals surface area contributed by atoms with Crippen LogP contribution in [-0.2, 0) is 9.47 Å². The van der Waals surface area contributed by atoms with Crippen LogP contribution < -0.4 is 5.73 Å². The van der Waals surface area contributed by atoms with Crippen LogP contribution in [0.3, 0.4) is 0 Å². The van der Waals surface area contributed by atoms with Crippen LogP contribution in [0, 0.1) is 0 Å². The molecule has 0 saturated carbocycles. The second kappa shape index (κ2) is 6.00. The number of likely N-dealkylation sites (tertiary alicyclic amines) is 1. The van der Waals surface area contributed by atoms with E-state index in [1.54, 1.807) is 0 Å². The molecule has 2 aliphatic rings. The first kappa shape index (κ1) is 14.3. The van der Waals surface area contributed by atoms with E-state index in [1.807, 2.05) is 18.2 Å². The lowest BCUT2D eigenvalue weighted by Gasteiger charge is -2.41. The molecule has 20 heavy (non-hydrogen) atoms. The zero-order chi connectivity index (χ0) is 14.0.